The zero-order valence-electron chi connectivity index (χ0n) is 14.8. The van der Waals surface area contributed by atoms with Crippen molar-refractivity contribution in [1.82, 2.24) is 5.32 Å². The van der Waals surface area contributed by atoms with Gasteiger partial charge in [0.2, 0.25) is 5.91 Å². The van der Waals surface area contributed by atoms with Crippen molar-refractivity contribution in [2.24, 2.45) is 0 Å². The molecular formula is C19H29NO3S. The normalized spacial score (nSPS) is 17.1. The van der Waals surface area contributed by atoms with Crippen LogP contribution in [-0.4, -0.2) is 34.3 Å². The number of aryl methyl sites for hydroxylation is 2. The molecule has 1 atom stereocenters. The van der Waals surface area contributed by atoms with E-state index in [0.717, 1.165) is 29.7 Å². The average Bonchev–Trinajstić information content (AvgIpc) is 2.74. The number of hydrogen-bond donors (Lipinski definition) is 1. The molecule has 5 heteroatoms. The Morgan fingerprint density at radius 2 is 1.75 bits per heavy atom. The van der Waals surface area contributed by atoms with Gasteiger partial charge in [0.25, 0.3) is 0 Å². The standard InChI is InChI=1S/C19H29NO3S/c1-15-11-16(2)13-18(12-15)23-9-10-24(22)14-19(21)20-17-7-5-3-4-6-8-17/h11-13,17H,3-10,14H2,1-2H3,(H,20,21)/t24-/m1/s1. The van der Waals surface area contributed by atoms with Gasteiger partial charge in [-0.05, 0) is 49.9 Å². The summed E-state index contributed by atoms with van der Waals surface area (Å²) in [6.45, 7) is 4.41. The van der Waals surface area contributed by atoms with E-state index in [9.17, 15) is 9.00 Å². The number of ether oxygens (including phenoxy) is 1. The quantitative estimate of drug-likeness (QED) is 0.767. The first-order valence-electron chi connectivity index (χ1n) is 8.88. The summed E-state index contributed by atoms with van der Waals surface area (Å²) in [5, 5.41) is 3.04. The number of benzene rings is 1. The first kappa shape index (κ1) is 19.0. The Hall–Kier alpha value is -1.36. The van der Waals surface area contributed by atoms with E-state index in [1.165, 1.54) is 25.7 Å². The van der Waals surface area contributed by atoms with Crippen molar-refractivity contribution >= 4 is 16.7 Å². The maximum Gasteiger partial charge on any atom is 0.232 e. The van der Waals surface area contributed by atoms with Crippen LogP contribution in [0.1, 0.15) is 49.7 Å². The van der Waals surface area contributed by atoms with Crippen LogP contribution in [-0.2, 0) is 15.6 Å². The van der Waals surface area contributed by atoms with Crippen LogP contribution in [0.5, 0.6) is 5.75 Å². The molecule has 0 heterocycles. The van der Waals surface area contributed by atoms with Crippen molar-refractivity contribution < 1.29 is 13.7 Å². The largest absolute Gasteiger partial charge is 0.493 e. The van der Waals surface area contributed by atoms with Crippen LogP contribution < -0.4 is 10.1 Å². The lowest BCUT2D eigenvalue weighted by atomic mass is 10.1. The lowest BCUT2D eigenvalue weighted by Crippen LogP contribution is -2.37. The second kappa shape index (κ2) is 9.82. The molecule has 4 nitrogen and oxygen atoms in total. The third kappa shape index (κ3) is 7.04. The molecule has 0 radical (unpaired) electrons. The van der Waals surface area contributed by atoms with Gasteiger partial charge in [-0.1, -0.05) is 31.7 Å². The Morgan fingerprint density at radius 3 is 2.38 bits per heavy atom. The zero-order valence-corrected chi connectivity index (χ0v) is 15.6. The first-order chi connectivity index (χ1) is 11.5. The topological polar surface area (TPSA) is 55.4 Å². The highest BCUT2D eigenvalue weighted by Crippen LogP contribution is 2.17. The summed E-state index contributed by atoms with van der Waals surface area (Å²) in [4.78, 5) is 12.0. The molecule has 1 aromatic carbocycles. The number of hydrogen-bond acceptors (Lipinski definition) is 3. The molecule has 134 valence electrons. The van der Waals surface area contributed by atoms with E-state index < -0.39 is 10.8 Å². The molecule has 0 unspecified atom stereocenters. The van der Waals surface area contributed by atoms with E-state index in [0.29, 0.717) is 12.4 Å². The summed E-state index contributed by atoms with van der Waals surface area (Å²) in [5.41, 5.74) is 2.29. The van der Waals surface area contributed by atoms with Crippen LogP contribution in [0.15, 0.2) is 18.2 Å². The van der Waals surface area contributed by atoms with E-state index >= 15 is 0 Å². The predicted molar refractivity (Wildman–Crippen MR) is 98.9 cm³/mol. The molecule has 1 aliphatic carbocycles. The highest BCUT2D eigenvalue weighted by atomic mass is 32.2. The van der Waals surface area contributed by atoms with E-state index in [4.69, 9.17) is 4.74 Å². The van der Waals surface area contributed by atoms with Crippen molar-refractivity contribution in [2.75, 3.05) is 18.1 Å². The van der Waals surface area contributed by atoms with E-state index in [2.05, 4.69) is 11.4 Å². The molecule has 0 spiro atoms. The van der Waals surface area contributed by atoms with Crippen molar-refractivity contribution in [3.05, 3.63) is 29.3 Å². The smallest absolute Gasteiger partial charge is 0.232 e. The minimum Gasteiger partial charge on any atom is -0.493 e. The molecule has 0 aromatic heterocycles. The summed E-state index contributed by atoms with van der Waals surface area (Å²) in [6, 6.07) is 6.29. The van der Waals surface area contributed by atoms with Crippen LogP contribution in [0, 0.1) is 13.8 Å². The molecule has 24 heavy (non-hydrogen) atoms. The number of rotatable bonds is 7. The molecule has 1 fully saturated rings. The van der Waals surface area contributed by atoms with Gasteiger partial charge < -0.3 is 10.1 Å². The number of nitrogens with one attached hydrogen (secondary N) is 1. The molecule has 1 aromatic rings. The highest BCUT2D eigenvalue weighted by molar-refractivity contribution is 7.85. The minimum absolute atomic E-state index is 0.0761. The van der Waals surface area contributed by atoms with Gasteiger partial charge in [-0.15, -0.1) is 0 Å². The SMILES string of the molecule is Cc1cc(C)cc(OCC[S@@](=O)CC(=O)NC2CCCCCC2)c1. The van der Waals surface area contributed by atoms with Gasteiger partial charge in [0.15, 0.2) is 0 Å². The maximum atomic E-state index is 12.1. The second-order valence-corrected chi connectivity index (χ2v) is 8.29. The van der Waals surface area contributed by atoms with E-state index in [-0.39, 0.29) is 17.7 Å². The maximum absolute atomic E-state index is 12.1. The third-order valence-electron chi connectivity index (χ3n) is 4.29. The molecular weight excluding hydrogens is 322 g/mol. The van der Waals surface area contributed by atoms with Crippen LogP contribution in [0.25, 0.3) is 0 Å². The molecule has 2 rings (SSSR count). The zero-order chi connectivity index (χ0) is 17.4. The second-order valence-electron chi connectivity index (χ2n) is 6.72. The number of amides is 1. The van der Waals surface area contributed by atoms with Gasteiger partial charge in [-0.25, -0.2) is 0 Å². The van der Waals surface area contributed by atoms with Crippen molar-refractivity contribution in [3.63, 3.8) is 0 Å². The van der Waals surface area contributed by atoms with Crippen molar-refractivity contribution in [1.29, 1.82) is 0 Å². The molecule has 1 amide bonds. The molecule has 0 bridgehead atoms. The monoisotopic (exact) mass is 351 g/mol. The summed E-state index contributed by atoms with van der Waals surface area (Å²) in [6.07, 6.45) is 6.97. The lowest BCUT2D eigenvalue weighted by molar-refractivity contribution is -0.119. The molecule has 1 saturated carbocycles. The Balaban J connectivity index is 1.67. The Labute approximate surface area is 147 Å². The van der Waals surface area contributed by atoms with Crippen LogP contribution in [0.2, 0.25) is 0 Å². The van der Waals surface area contributed by atoms with Crippen molar-refractivity contribution in [3.8, 4) is 5.75 Å². The number of carbonyl (C=O) groups excluding carboxylic acids is 1. The third-order valence-corrected chi connectivity index (χ3v) is 5.49. The fourth-order valence-electron chi connectivity index (χ4n) is 3.18. The Kier molecular flexibility index (Phi) is 7.76. The summed E-state index contributed by atoms with van der Waals surface area (Å²) >= 11 is 0. The van der Waals surface area contributed by atoms with Gasteiger partial charge in [-0.3, -0.25) is 9.00 Å². The molecule has 1 aliphatic rings. The summed E-state index contributed by atoms with van der Waals surface area (Å²) < 4.78 is 17.7. The summed E-state index contributed by atoms with van der Waals surface area (Å²) in [5.74, 6) is 1.16. The Morgan fingerprint density at radius 1 is 1.12 bits per heavy atom. The highest BCUT2D eigenvalue weighted by Gasteiger charge is 2.16. The molecule has 0 aliphatic heterocycles. The molecule has 0 saturated heterocycles. The molecule has 1 N–H and O–H groups in total. The number of carbonyl (C=O) groups is 1. The van der Waals surface area contributed by atoms with Crippen LogP contribution in [0.4, 0.5) is 0 Å². The van der Waals surface area contributed by atoms with Gasteiger partial charge in [0.05, 0.1) is 12.4 Å². The van der Waals surface area contributed by atoms with Crippen molar-refractivity contribution in [2.45, 2.75) is 58.4 Å². The van der Waals surface area contributed by atoms with Gasteiger partial charge >= 0.3 is 0 Å². The predicted octanol–water partition coefficient (Wildman–Crippen LogP) is 3.27. The average molecular weight is 352 g/mol. The fraction of sp³-hybridized carbons (Fsp3) is 0.632. The van der Waals surface area contributed by atoms with E-state index in [1.807, 2.05) is 26.0 Å². The fourth-order valence-corrected chi connectivity index (χ4v) is 3.97. The van der Waals surface area contributed by atoms with Gasteiger partial charge in [0, 0.05) is 16.8 Å². The lowest BCUT2D eigenvalue weighted by Gasteiger charge is -2.16. The minimum atomic E-state index is -1.18. The van der Waals surface area contributed by atoms with Gasteiger partial charge in [-0.2, -0.15) is 0 Å². The van der Waals surface area contributed by atoms with Gasteiger partial charge in [0.1, 0.15) is 11.5 Å². The van der Waals surface area contributed by atoms with E-state index in [1.54, 1.807) is 0 Å². The Bertz CT molecular complexity index is 545. The summed E-state index contributed by atoms with van der Waals surface area (Å²) in [7, 11) is -1.18. The first-order valence-corrected chi connectivity index (χ1v) is 10.4. The van der Waals surface area contributed by atoms with Crippen LogP contribution in [0.3, 0.4) is 0 Å². The van der Waals surface area contributed by atoms with Crippen LogP contribution >= 0.6 is 0 Å².